The van der Waals surface area contributed by atoms with Crippen LogP contribution in [0.3, 0.4) is 0 Å². The number of nitrogens with one attached hydrogen (secondary N) is 1. The maximum absolute atomic E-state index is 12.8. The van der Waals surface area contributed by atoms with E-state index in [4.69, 9.17) is 0 Å². The van der Waals surface area contributed by atoms with Crippen molar-refractivity contribution < 1.29 is 23.1 Å². The molecule has 0 saturated carbocycles. The lowest BCUT2D eigenvalue weighted by Crippen LogP contribution is -2.47. The average molecular weight is 481 g/mol. The molecule has 176 valence electrons. The summed E-state index contributed by atoms with van der Waals surface area (Å²) >= 11 is 0. The van der Waals surface area contributed by atoms with E-state index in [0.29, 0.717) is 37.4 Å². The highest BCUT2D eigenvalue weighted by Gasteiger charge is 2.23. The van der Waals surface area contributed by atoms with Crippen LogP contribution < -0.4 is 14.5 Å². The fraction of sp³-hybridized carbons (Fsp3) is 0.208. The number of aromatic nitrogens is 1. The molecule has 0 amide bonds. The Hall–Kier alpha value is -3.92. The minimum atomic E-state index is -3.96. The van der Waals surface area contributed by atoms with Crippen molar-refractivity contribution in [1.82, 2.24) is 4.98 Å². The summed E-state index contributed by atoms with van der Waals surface area (Å²) in [5.74, 6) is -0.435. The third kappa shape index (κ3) is 5.01. The molecule has 1 fully saturated rings. The minimum absolute atomic E-state index is 0.0124. The monoisotopic (exact) mass is 480 g/mol. The van der Waals surface area contributed by atoms with Gasteiger partial charge >= 0.3 is 5.97 Å². The molecule has 0 bridgehead atoms. The molecule has 1 saturated heterocycles. The predicted molar refractivity (Wildman–Crippen MR) is 129 cm³/mol. The highest BCUT2D eigenvalue weighted by atomic mass is 32.2. The lowest BCUT2D eigenvalue weighted by molar-refractivity contribution is 0.0697. The summed E-state index contributed by atoms with van der Waals surface area (Å²) in [5.41, 5.74) is 1.09. The van der Waals surface area contributed by atoms with Crippen LogP contribution in [-0.2, 0) is 10.0 Å². The molecule has 0 radical (unpaired) electrons. The van der Waals surface area contributed by atoms with Crippen LogP contribution in [0.1, 0.15) is 27.6 Å². The summed E-state index contributed by atoms with van der Waals surface area (Å²) in [6, 6.07) is 15.8. The standard InChI is InChI=1S/C24H24N4O5S/c1-17(29)18-5-8-20(9-6-18)34(32,33)26-19-7-10-22(21(16-19)24(30)31)27-12-14-28(15-13-27)23-4-2-3-11-25-23/h2-11,16,26H,12-15H2,1H3,(H,30,31). The normalized spacial score (nSPS) is 14.0. The van der Waals surface area contributed by atoms with Gasteiger partial charge in [-0.2, -0.15) is 0 Å². The number of pyridine rings is 1. The highest BCUT2D eigenvalue weighted by molar-refractivity contribution is 7.92. The first-order chi connectivity index (χ1) is 16.2. The Bertz CT molecular complexity index is 1300. The Morgan fingerprint density at radius 3 is 2.21 bits per heavy atom. The minimum Gasteiger partial charge on any atom is -0.478 e. The molecule has 3 aromatic rings. The maximum atomic E-state index is 12.8. The molecule has 0 unspecified atom stereocenters. The van der Waals surface area contributed by atoms with Crippen LogP contribution in [0.15, 0.2) is 71.8 Å². The van der Waals surface area contributed by atoms with Crippen molar-refractivity contribution in [2.75, 3.05) is 40.7 Å². The third-order valence-electron chi connectivity index (χ3n) is 5.64. The predicted octanol–water partition coefficient (Wildman–Crippen LogP) is 3.11. The SMILES string of the molecule is CC(=O)c1ccc(S(=O)(=O)Nc2ccc(N3CCN(c4ccccn4)CC3)c(C(=O)O)c2)cc1. The van der Waals surface area contributed by atoms with Crippen LogP contribution in [0.4, 0.5) is 17.2 Å². The van der Waals surface area contributed by atoms with E-state index in [2.05, 4.69) is 14.6 Å². The van der Waals surface area contributed by atoms with Gasteiger partial charge in [0.15, 0.2) is 5.78 Å². The van der Waals surface area contributed by atoms with E-state index in [1.165, 1.54) is 37.3 Å². The van der Waals surface area contributed by atoms with Gasteiger partial charge in [-0.15, -0.1) is 0 Å². The van der Waals surface area contributed by atoms with Gasteiger partial charge in [0.25, 0.3) is 10.0 Å². The van der Waals surface area contributed by atoms with Crippen LogP contribution in [0.5, 0.6) is 0 Å². The molecule has 1 aliphatic rings. The van der Waals surface area contributed by atoms with Gasteiger partial charge in [-0.05, 0) is 49.4 Å². The van der Waals surface area contributed by atoms with Crippen LogP contribution >= 0.6 is 0 Å². The van der Waals surface area contributed by atoms with Gasteiger partial charge in [-0.1, -0.05) is 18.2 Å². The van der Waals surface area contributed by atoms with E-state index in [1.54, 1.807) is 18.3 Å². The number of benzene rings is 2. The van der Waals surface area contributed by atoms with Crippen molar-refractivity contribution in [2.24, 2.45) is 0 Å². The molecule has 2 N–H and O–H groups in total. The molecule has 2 aromatic carbocycles. The van der Waals surface area contributed by atoms with E-state index >= 15 is 0 Å². The number of hydrogen-bond acceptors (Lipinski definition) is 7. The third-order valence-corrected chi connectivity index (χ3v) is 7.04. The Kier molecular flexibility index (Phi) is 6.51. The summed E-state index contributed by atoms with van der Waals surface area (Å²) in [4.78, 5) is 31.9. The molecule has 0 aliphatic carbocycles. The van der Waals surface area contributed by atoms with Gasteiger partial charge in [-0.3, -0.25) is 9.52 Å². The first kappa shape index (κ1) is 23.2. The van der Waals surface area contributed by atoms with Crippen LogP contribution in [0, 0.1) is 0 Å². The molecule has 4 rings (SSSR count). The van der Waals surface area contributed by atoms with Crippen molar-refractivity contribution in [3.63, 3.8) is 0 Å². The number of carbonyl (C=O) groups is 2. The van der Waals surface area contributed by atoms with Crippen LogP contribution in [0.2, 0.25) is 0 Å². The smallest absolute Gasteiger partial charge is 0.337 e. The first-order valence-electron chi connectivity index (χ1n) is 10.7. The Labute approximate surface area is 197 Å². The van der Waals surface area contributed by atoms with Crippen molar-refractivity contribution >= 4 is 39.0 Å². The largest absolute Gasteiger partial charge is 0.478 e. The zero-order chi connectivity index (χ0) is 24.3. The summed E-state index contributed by atoms with van der Waals surface area (Å²) in [6.45, 7) is 3.96. The average Bonchev–Trinajstić information content (AvgIpc) is 2.84. The molecule has 10 heteroatoms. The van der Waals surface area contributed by atoms with Crippen molar-refractivity contribution in [3.8, 4) is 0 Å². The molecule has 0 atom stereocenters. The molecular formula is C24H24N4O5S. The Balaban J connectivity index is 1.52. The van der Waals surface area contributed by atoms with Crippen molar-refractivity contribution in [3.05, 3.63) is 78.0 Å². The molecule has 9 nitrogen and oxygen atoms in total. The van der Waals surface area contributed by atoms with Gasteiger partial charge < -0.3 is 14.9 Å². The second-order valence-electron chi connectivity index (χ2n) is 7.89. The van der Waals surface area contributed by atoms with Crippen molar-refractivity contribution in [2.45, 2.75) is 11.8 Å². The fourth-order valence-electron chi connectivity index (χ4n) is 3.85. The molecule has 0 spiro atoms. The number of hydrogen-bond donors (Lipinski definition) is 2. The number of Topliss-reactive ketones (excluding diaryl/α,β-unsaturated/α-hetero) is 1. The molecule has 34 heavy (non-hydrogen) atoms. The number of nitrogens with zero attached hydrogens (tertiary/aromatic N) is 3. The number of carboxylic acid groups (broad SMARTS) is 1. The number of aromatic carboxylic acids is 1. The van der Waals surface area contributed by atoms with E-state index in [0.717, 1.165) is 5.82 Å². The second kappa shape index (κ2) is 9.52. The molecule has 1 aromatic heterocycles. The van der Waals surface area contributed by atoms with E-state index in [-0.39, 0.29) is 21.9 Å². The number of carboxylic acids is 1. The number of anilines is 3. The molecular weight excluding hydrogens is 456 g/mol. The van der Waals surface area contributed by atoms with E-state index < -0.39 is 16.0 Å². The van der Waals surface area contributed by atoms with Gasteiger partial charge in [0, 0.05) is 43.6 Å². The zero-order valence-corrected chi connectivity index (χ0v) is 19.3. The van der Waals surface area contributed by atoms with Gasteiger partial charge in [0.1, 0.15) is 5.82 Å². The number of ketones is 1. The summed E-state index contributed by atoms with van der Waals surface area (Å²) < 4.78 is 27.9. The van der Waals surface area contributed by atoms with E-state index in [9.17, 15) is 23.1 Å². The van der Waals surface area contributed by atoms with Crippen LogP contribution in [0.25, 0.3) is 0 Å². The second-order valence-corrected chi connectivity index (χ2v) is 9.57. The zero-order valence-electron chi connectivity index (χ0n) is 18.5. The van der Waals surface area contributed by atoms with Gasteiger partial charge in [0.05, 0.1) is 16.1 Å². The number of rotatable bonds is 7. The Morgan fingerprint density at radius 2 is 1.62 bits per heavy atom. The molecule has 1 aliphatic heterocycles. The van der Waals surface area contributed by atoms with Gasteiger partial charge in [-0.25, -0.2) is 18.2 Å². The summed E-state index contributed by atoms with van der Waals surface area (Å²) in [5, 5.41) is 9.79. The number of carbonyl (C=O) groups excluding carboxylic acids is 1. The van der Waals surface area contributed by atoms with Gasteiger partial charge in [0.2, 0.25) is 0 Å². The number of piperazine rings is 1. The lowest BCUT2D eigenvalue weighted by Gasteiger charge is -2.37. The lowest BCUT2D eigenvalue weighted by atomic mass is 10.1. The highest BCUT2D eigenvalue weighted by Crippen LogP contribution is 2.28. The maximum Gasteiger partial charge on any atom is 0.337 e. The first-order valence-corrected chi connectivity index (χ1v) is 12.1. The number of sulfonamides is 1. The Morgan fingerprint density at radius 1 is 0.941 bits per heavy atom. The molecule has 2 heterocycles. The topological polar surface area (TPSA) is 120 Å². The fourth-order valence-corrected chi connectivity index (χ4v) is 4.90. The summed E-state index contributed by atoms with van der Waals surface area (Å²) in [6.07, 6.45) is 1.74. The van der Waals surface area contributed by atoms with E-state index in [1.807, 2.05) is 23.1 Å². The van der Waals surface area contributed by atoms with Crippen molar-refractivity contribution in [1.29, 1.82) is 0 Å². The summed E-state index contributed by atoms with van der Waals surface area (Å²) in [7, 11) is -3.96. The van der Waals surface area contributed by atoms with Crippen LogP contribution in [-0.4, -0.2) is 56.4 Å². The quantitative estimate of drug-likeness (QED) is 0.495.